The number of benzene rings is 2. The van der Waals surface area contributed by atoms with E-state index in [0.29, 0.717) is 47.7 Å². The minimum Gasteiger partial charge on any atom is -0.476 e. The fraction of sp³-hybridized carbons (Fsp3) is 0.312. The molecule has 1 aliphatic carbocycles. The molecule has 0 spiro atoms. The summed E-state index contributed by atoms with van der Waals surface area (Å²) in [6, 6.07) is 12.8. The molecule has 3 heterocycles. The number of anilines is 2. The quantitative estimate of drug-likeness (QED) is 0.258. The van der Waals surface area contributed by atoms with Gasteiger partial charge in [0, 0.05) is 62.6 Å². The van der Waals surface area contributed by atoms with Crippen molar-refractivity contribution in [3.05, 3.63) is 78.6 Å². The molecule has 1 saturated carbocycles. The minimum absolute atomic E-state index is 0.0606. The summed E-state index contributed by atoms with van der Waals surface area (Å²) in [5.41, 5.74) is -0.0333. The number of rotatable bonds is 10. The highest BCUT2D eigenvalue weighted by Crippen LogP contribution is 2.48. The van der Waals surface area contributed by atoms with E-state index in [4.69, 9.17) is 14.2 Å². The fourth-order valence-corrected chi connectivity index (χ4v) is 5.07. The van der Waals surface area contributed by atoms with E-state index < -0.39 is 28.9 Å². The first-order valence-electron chi connectivity index (χ1n) is 14.3. The van der Waals surface area contributed by atoms with E-state index in [-0.39, 0.29) is 11.4 Å². The number of carbonyl (C=O) groups is 2. The minimum atomic E-state index is -1.26. The lowest BCUT2D eigenvalue weighted by Gasteiger charge is -2.26. The maximum atomic E-state index is 15.2. The van der Waals surface area contributed by atoms with Crippen molar-refractivity contribution in [2.45, 2.75) is 12.8 Å². The zero-order valence-corrected chi connectivity index (χ0v) is 24.1. The Bertz CT molecular complexity index is 1680. The molecule has 0 radical (unpaired) electrons. The Morgan fingerprint density at radius 2 is 1.80 bits per heavy atom. The summed E-state index contributed by atoms with van der Waals surface area (Å²) < 4.78 is 45.5. The maximum absolute atomic E-state index is 15.2. The van der Waals surface area contributed by atoms with E-state index in [1.807, 2.05) is 0 Å². The summed E-state index contributed by atoms with van der Waals surface area (Å²) in [5.74, 6) is -1.35. The van der Waals surface area contributed by atoms with Crippen molar-refractivity contribution in [3.63, 3.8) is 0 Å². The number of ether oxygens (including phenoxy) is 3. The van der Waals surface area contributed by atoms with Gasteiger partial charge in [0.15, 0.2) is 11.6 Å². The molecule has 1 saturated heterocycles. The van der Waals surface area contributed by atoms with Gasteiger partial charge in [0.05, 0.1) is 24.1 Å². The van der Waals surface area contributed by atoms with E-state index in [9.17, 15) is 14.0 Å². The Labute approximate surface area is 252 Å². The van der Waals surface area contributed by atoms with Crippen molar-refractivity contribution in [1.29, 1.82) is 0 Å². The molecule has 0 unspecified atom stereocenters. The van der Waals surface area contributed by atoms with Gasteiger partial charge >= 0.3 is 0 Å². The molecule has 1 N–H and O–H groups in total. The molecule has 6 rings (SSSR count). The van der Waals surface area contributed by atoms with E-state index >= 15 is 4.39 Å². The maximum Gasteiger partial charge on any atom is 0.242 e. The average Bonchev–Trinajstić information content (AvgIpc) is 3.85. The number of hydrogen-bond acceptors (Lipinski definition) is 8. The monoisotopic (exact) mass is 603 g/mol. The van der Waals surface area contributed by atoms with Crippen molar-refractivity contribution in [2.24, 2.45) is 5.41 Å². The van der Waals surface area contributed by atoms with E-state index in [0.717, 1.165) is 38.9 Å². The molecule has 2 aliphatic rings. The molecule has 2 aromatic carbocycles. The highest BCUT2D eigenvalue weighted by atomic mass is 19.1. The summed E-state index contributed by atoms with van der Waals surface area (Å²) in [6.45, 7) is 4.43. The van der Waals surface area contributed by atoms with Crippen LogP contribution in [-0.2, 0) is 14.3 Å². The number of amides is 2. The fourth-order valence-electron chi connectivity index (χ4n) is 5.07. The number of hydrogen-bond donors (Lipinski definition) is 1. The van der Waals surface area contributed by atoms with E-state index in [1.54, 1.807) is 24.5 Å². The molecule has 10 nitrogen and oxygen atoms in total. The molecule has 12 heteroatoms. The van der Waals surface area contributed by atoms with Gasteiger partial charge in [-0.05, 0) is 55.3 Å². The number of fused-ring (bicyclic) bond motifs is 1. The van der Waals surface area contributed by atoms with Gasteiger partial charge in [-0.2, -0.15) is 0 Å². The lowest BCUT2D eigenvalue weighted by atomic mass is 10.0. The van der Waals surface area contributed by atoms with Crippen LogP contribution in [0.2, 0.25) is 0 Å². The largest absolute Gasteiger partial charge is 0.476 e. The van der Waals surface area contributed by atoms with Crippen molar-refractivity contribution < 1.29 is 32.6 Å². The molecule has 0 bridgehead atoms. The number of carbonyl (C=O) groups excluding carboxylic acids is 2. The number of nitrogens with zero attached hydrogens (tertiary/aromatic N) is 4. The van der Waals surface area contributed by atoms with Gasteiger partial charge in [0.2, 0.25) is 17.7 Å². The van der Waals surface area contributed by atoms with Crippen LogP contribution in [0.15, 0.2) is 67.0 Å². The average molecular weight is 604 g/mol. The highest BCUT2D eigenvalue weighted by Gasteiger charge is 2.57. The third-order valence-corrected chi connectivity index (χ3v) is 7.85. The van der Waals surface area contributed by atoms with Crippen molar-refractivity contribution >= 4 is 34.1 Å². The SMILES string of the molecule is CN(C(=O)C1(C(=O)Nc2ccc(Oc3ccnc4cc(OCCN5CCOCC5)ncc34)c(F)c2)CC1)c1ccc(F)cc1. The number of pyridine rings is 2. The zero-order chi connectivity index (χ0) is 30.7. The molecule has 2 aromatic heterocycles. The first kappa shape index (κ1) is 29.4. The molecule has 4 aromatic rings. The number of halogens is 2. The molecular weight excluding hydrogens is 572 g/mol. The van der Waals surface area contributed by atoms with Crippen LogP contribution >= 0.6 is 0 Å². The van der Waals surface area contributed by atoms with E-state index in [1.165, 1.54) is 48.3 Å². The van der Waals surface area contributed by atoms with Crippen molar-refractivity contribution in [2.75, 3.05) is 56.7 Å². The lowest BCUT2D eigenvalue weighted by Crippen LogP contribution is -2.41. The van der Waals surface area contributed by atoms with Crippen LogP contribution in [-0.4, -0.2) is 73.2 Å². The molecule has 2 amide bonds. The van der Waals surface area contributed by atoms with Crippen molar-refractivity contribution in [1.82, 2.24) is 14.9 Å². The van der Waals surface area contributed by atoms with Crippen molar-refractivity contribution in [3.8, 4) is 17.4 Å². The van der Waals surface area contributed by atoms with Crippen LogP contribution < -0.4 is 19.7 Å². The standard InChI is InChI=1S/C32H31F2N5O5/c1-38(23-5-2-21(33)3-6-23)31(41)32(9-10-32)30(40)37-22-4-7-28(25(34)18-22)44-27-8-11-35-26-19-29(36-20-24(26)27)43-17-14-39-12-15-42-16-13-39/h2-8,11,18-20H,9-10,12-17H2,1H3,(H,37,40). The molecule has 2 fully saturated rings. The van der Waals surface area contributed by atoms with Gasteiger partial charge in [-0.15, -0.1) is 0 Å². The zero-order valence-electron chi connectivity index (χ0n) is 24.1. The first-order valence-corrected chi connectivity index (χ1v) is 14.3. The number of aromatic nitrogens is 2. The Balaban J connectivity index is 1.09. The first-order chi connectivity index (χ1) is 21.3. The summed E-state index contributed by atoms with van der Waals surface area (Å²) in [4.78, 5) is 38.6. The molecule has 0 atom stereocenters. The van der Waals surface area contributed by atoms with Crippen LogP contribution in [0.25, 0.3) is 10.9 Å². The summed E-state index contributed by atoms with van der Waals surface area (Å²) in [5, 5.41) is 3.23. The Hall–Kier alpha value is -4.68. The van der Waals surface area contributed by atoms with Gasteiger partial charge < -0.3 is 24.4 Å². The summed E-state index contributed by atoms with van der Waals surface area (Å²) in [6.07, 6.45) is 3.84. The molecular formula is C32H31F2N5O5. The Kier molecular flexibility index (Phi) is 8.36. The predicted octanol–water partition coefficient (Wildman–Crippen LogP) is 4.79. The summed E-state index contributed by atoms with van der Waals surface area (Å²) in [7, 11) is 1.54. The van der Waals surface area contributed by atoms with Gasteiger partial charge in [0.25, 0.3) is 0 Å². The second kappa shape index (κ2) is 12.5. The predicted molar refractivity (Wildman–Crippen MR) is 159 cm³/mol. The van der Waals surface area contributed by atoms with Crippen LogP contribution in [0.1, 0.15) is 12.8 Å². The number of nitrogens with one attached hydrogen (secondary N) is 1. The third kappa shape index (κ3) is 6.31. The van der Waals surface area contributed by atoms with Crippen LogP contribution in [0.4, 0.5) is 20.2 Å². The van der Waals surface area contributed by atoms with Gasteiger partial charge in [-0.25, -0.2) is 13.8 Å². The van der Waals surface area contributed by atoms with Gasteiger partial charge in [-0.1, -0.05) is 0 Å². The summed E-state index contributed by atoms with van der Waals surface area (Å²) >= 11 is 0. The normalized spacial score (nSPS) is 15.9. The third-order valence-electron chi connectivity index (χ3n) is 7.85. The lowest BCUT2D eigenvalue weighted by molar-refractivity contribution is -0.132. The van der Waals surface area contributed by atoms with E-state index in [2.05, 4.69) is 20.2 Å². The Morgan fingerprint density at radius 3 is 2.52 bits per heavy atom. The second-order valence-corrected chi connectivity index (χ2v) is 10.8. The second-order valence-electron chi connectivity index (χ2n) is 10.8. The van der Waals surface area contributed by atoms with Gasteiger partial charge in [-0.3, -0.25) is 19.5 Å². The molecule has 44 heavy (non-hydrogen) atoms. The van der Waals surface area contributed by atoms with Crippen LogP contribution in [0.5, 0.6) is 17.4 Å². The number of morpholine rings is 1. The van der Waals surface area contributed by atoms with Crippen LogP contribution in [0, 0.1) is 17.0 Å². The smallest absolute Gasteiger partial charge is 0.242 e. The van der Waals surface area contributed by atoms with Gasteiger partial charge in [0.1, 0.15) is 23.6 Å². The molecule has 1 aliphatic heterocycles. The topological polar surface area (TPSA) is 106 Å². The Morgan fingerprint density at radius 1 is 1.02 bits per heavy atom. The molecule has 228 valence electrons. The van der Waals surface area contributed by atoms with Crippen LogP contribution in [0.3, 0.4) is 0 Å². The highest BCUT2D eigenvalue weighted by molar-refractivity contribution is 6.17.